The van der Waals surface area contributed by atoms with Crippen molar-refractivity contribution >= 4 is 17.6 Å². The molecule has 1 atom stereocenters. The Labute approximate surface area is 91.8 Å². The van der Waals surface area contributed by atoms with E-state index >= 15 is 0 Å². The molecule has 0 bridgehead atoms. The maximum atomic E-state index is 10.5. The van der Waals surface area contributed by atoms with Gasteiger partial charge in [-0.2, -0.15) is 0 Å². The maximum absolute atomic E-state index is 10.5. The average molecular weight is 228 g/mol. The minimum Gasteiger partial charge on any atom is -0.478 e. The highest BCUT2D eigenvalue weighted by Gasteiger charge is 2.14. The molecule has 0 spiro atoms. The Morgan fingerprint density at radius 2 is 2.33 bits per heavy atom. The number of carbonyl (C=O) groups is 1. The molecule has 1 aromatic rings. The first-order valence-corrected chi connectivity index (χ1v) is 4.59. The zero-order valence-corrected chi connectivity index (χ0v) is 8.61. The second-order valence-electron chi connectivity index (χ2n) is 3.03. The van der Waals surface area contributed by atoms with Gasteiger partial charge in [0.1, 0.15) is 6.10 Å². The summed E-state index contributed by atoms with van der Waals surface area (Å²) in [6, 6.07) is 3.06. The standard InChI is InChI=1S/C10H10ClNO3/c1-6(10(14)15)4-9(13)8-5-7(11)2-3-12-8/h2-3,5,9,13H,1,4H2,(H,14,15). The lowest BCUT2D eigenvalue weighted by atomic mass is 10.1. The van der Waals surface area contributed by atoms with E-state index < -0.39 is 12.1 Å². The van der Waals surface area contributed by atoms with E-state index in [1.54, 1.807) is 6.07 Å². The van der Waals surface area contributed by atoms with E-state index in [9.17, 15) is 9.90 Å². The Hall–Kier alpha value is -1.39. The van der Waals surface area contributed by atoms with Crippen molar-refractivity contribution < 1.29 is 15.0 Å². The van der Waals surface area contributed by atoms with Crippen LogP contribution in [0.15, 0.2) is 30.5 Å². The van der Waals surface area contributed by atoms with Crippen LogP contribution in [0, 0.1) is 0 Å². The fourth-order valence-electron chi connectivity index (χ4n) is 1.03. The molecule has 0 fully saturated rings. The largest absolute Gasteiger partial charge is 0.478 e. The molecule has 1 heterocycles. The number of aromatic nitrogens is 1. The van der Waals surface area contributed by atoms with E-state index in [0.29, 0.717) is 10.7 Å². The molecule has 0 aromatic carbocycles. The molecule has 4 nitrogen and oxygen atoms in total. The van der Waals surface area contributed by atoms with Crippen molar-refractivity contribution in [2.24, 2.45) is 0 Å². The van der Waals surface area contributed by atoms with Crippen LogP contribution in [0.1, 0.15) is 18.2 Å². The summed E-state index contributed by atoms with van der Waals surface area (Å²) >= 11 is 5.70. The molecule has 5 heteroatoms. The fourth-order valence-corrected chi connectivity index (χ4v) is 1.20. The van der Waals surface area contributed by atoms with E-state index in [1.165, 1.54) is 12.3 Å². The summed E-state index contributed by atoms with van der Waals surface area (Å²) in [7, 11) is 0. The summed E-state index contributed by atoms with van der Waals surface area (Å²) in [4.78, 5) is 14.4. The zero-order valence-electron chi connectivity index (χ0n) is 7.85. The second-order valence-corrected chi connectivity index (χ2v) is 3.46. The summed E-state index contributed by atoms with van der Waals surface area (Å²) in [5, 5.41) is 18.6. The quantitative estimate of drug-likeness (QED) is 0.770. The molecule has 0 aliphatic rings. The number of pyridine rings is 1. The van der Waals surface area contributed by atoms with Crippen LogP contribution in [-0.4, -0.2) is 21.2 Å². The second kappa shape index (κ2) is 4.91. The highest BCUT2D eigenvalue weighted by Crippen LogP contribution is 2.20. The summed E-state index contributed by atoms with van der Waals surface area (Å²) < 4.78 is 0. The first-order chi connectivity index (χ1) is 7.00. The van der Waals surface area contributed by atoms with Gasteiger partial charge in [0.2, 0.25) is 0 Å². The molecule has 0 aliphatic heterocycles. The number of aliphatic hydroxyl groups excluding tert-OH is 1. The molecular weight excluding hydrogens is 218 g/mol. The molecule has 0 saturated carbocycles. The fraction of sp³-hybridized carbons (Fsp3) is 0.200. The normalized spacial score (nSPS) is 12.1. The van der Waals surface area contributed by atoms with Crippen LogP contribution in [0.4, 0.5) is 0 Å². The van der Waals surface area contributed by atoms with Crippen LogP contribution in [0.2, 0.25) is 5.02 Å². The van der Waals surface area contributed by atoms with Gasteiger partial charge in [0.25, 0.3) is 0 Å². The van der Waals surface area contributed by atoms with Gasteiger partial charge in [-0.1, -0.05) is 18.2 Å². The first kappa shape index (κ1) is 11.7. The molecular formula is C10H10ClNO3. The van der Waals surface area contributed by atoms with E-state index in [1.807, 2.05) is 0 Å². The molecule has 0 amide bonds. The molecule has 15 heavy (non-hydrogen) atoms. The molecule has 1 unspecified atom stereocenters. The molecule has 0 radical (unpaired) electrons. The summed E-state index contributed by atoms with van der Waals surface area (Å²) in [5.74, 6) is -1.13. The Morgan fingerprint density at radius 1 is 1.67 bits per heavy atom. The van der Waals surface area contributed by atoms with Crippen LogP contribution in [0.25, 0.3) is 0 Å². The van der Waals surface area contributed by atoms with Crippen molar-refractivity contribution in [2.45, 2.75) is 12.5 Å². The van der Waals surface area contributed by atoms with Crippen molar-refractivity contribution in [1.29, 1.82) is 0 Å². The molecule has 1 rings (SSSR count). The maximum Gasteiger partial charge on any atom is 0.331 e. The van der Waals surface area contributed by atoms with Gasteiger partial charge in [-0.25, -0.2) is 4.79 Å². The third-order valence-electron chi connectivity index (χ3n) is 1.83. The predicted octanol–water partition coefficient (Wildman–Crippen LogP) is 1.80. The number of aliphatic carboxylic acids is 1. The van der Waals surface area contributed by atoms with Crippen LogP contribution >= 0.6 is 11.6 Å². The number of hydrogen-bond donors (Lipinski definition) is 2. The number of carboxylic acid groups (broad SMARTS) is 1. The molecule has 0 aliphatic carbocycles. The van der Waals surface area contributed by atoms with Gasteiger partial charge in [0, 0.05) is 23.2 Å². The van der Waals surface area contributed by atoms with E-state index in [4.69, 9.17) is 16.7 Å². The van der Waals surface area contributed by atoms with Crippen LogP contribution in [-0.2, 0) is 4.79 Å². The van der Waals surface area contributed by atoms with Gasteiger partial charge < -0.3 is 10.2 Å². The number of halogens is 1. The lowest BCUT2D eigenvalue weighted by molar-refractivity contribution is -0.133. The highest BCUT2D eigenvalue weighted by atomic mass is 35.5. The van der Waals surface area contributed by atoms with Crippen molar-refractivity contribution in [3.8, 4) is 0 Å². The third kappa shape index (κ3) is 3.34. The minimum atomic E-state index is -1.13. The van der Waals surface area contributed by atoms with Gasteiger partial charge in [0.05, 0.1) is 5.69 Å². The van der Waals surface area contributed by atoms with Gasteiger partial charge in [0.15, 0.2) is 0 Å². The van der Waals surface area contributed by atoms with E-state index in [-0.39, 0.29) is 12.0 Å². The van der Waals surface area contributed by atoms with Gasteiger partial charge in [-0.3, -0.25) is 4.98 Å². The highest BCUT2D eigenvalue weighted by molar-refractivity contribution is 6.30. The van der Waals surface area contributed by atoms with Crippen molar-refractivity contribution in [3.05, 3.63) is 41.2 Å². The van der Waals surface area contributed by atoms with Gasteiger partial charge in [-0.15, -0.1) is 0 Å². The monoisotopic (exact) mass is 227 g/mol. The number of nitrogens with zero attached hydrogens (tertiary/aromatic N) is 1. The Bertz CT molecular complexity index is 392. The Kier molecular flexibility index (Phi) is 3.82. The first-order valence-electron chi connectivity index (χ1n) is 4.21. The molecule has 2 N–H and O–H groups in total. The number of aliphatic hydroxyl groups is 1. The SMILES string of the molecule is C=C(CC(O)c1cc(Cl)ccn1)C(=O)O. The van der Waals surface area contributed by atoms with Gasteiger partial charge >= 0.3 is 5.97 Å². The lowest BCUT2D eigenvalue weighted by Gasteiger charge is -2.09. The van der Waals surface area contributed by atoms with Crippen molar-refractivity contribution in [3.63, 3.8) is 0 Å². The minimum absolute atomic E-state index is 0.0655. The predicted molar refractivity (Wildman–Crippen MR) is 55.6 cm³/mol. The van der Waals surface area contributed by atoms with Crippen LogP contribution in [0.5, 0.6) is 0 Å². The van der Waals surface area contributed by atoms with Gasteiger partial charge in [-0.05, 0) is 12.1 Å². The zero-order chi connectivity index (χ0) is 11.4. The summed E-state index contributed by atoms with van der Waals surface area (Å²) in [5.41, 5.74) is 0.272. The van der Waals surface area contributed by atoms with Crippen LogP contribution in [0.3, 0.4) is 0 Å². The van der Waals surface area contributed by atoms with Crippen molar-refractivity contribution in [2.75, 3.05) is 0 Å². The summed E-state index contributed by atoms with van der Waals surface area (Å²) in [6.07, 6.45) is 0.389. The number of carboxylic acids is 1. The third-order valence-corrected chi connectivity index (χ3v) is 2.06. The molecule has 0 saturated heterocycles. The molecule has 80 valence electrons. The van der Waals surface area contributed by atoms with E-state index in [0.717, 1.165) is 0 Å². The smallest absolute Gasteiger partial charge is 0.331 e. The topological polar surface area (TPSA) is 70.4 Å². The lowest BCUT2D eigenvalue weighted by Crippen LogP contribution is -2.06. The van der Waals surface area contributed by atoms with E-state index in [2.05, 4.69) is 11.6 Å². The summed E-state index contributed by atoms with van der Waals surface area (Å²) in [6.45, 7) is 3.32. The van der Waals surface area contributed by atoms with Crippen molar-refractivity contribution in [1.82, 2.24) is 4.98 Å². The number of rotatable bonds is 4. The van der Waals surface area contributed by atoms with Crippen LogP contribution < -0.4 is 0 Å². The number of hydrogen-bond acceptors (Lipinski definition) is 3. The Balaban J connectivity index is 2.73. The Morgan fingerprint density at radius 3 is 2.87 bits per heavy atom. The average Bonchev–Trinajstić information content (AvgIpc) is 2.17. The molecule has 1 aromatic heterocycles.